The number of ether oxygens (including phenoxy) is 1. The molecule has 0 aromatic carbocycles. The Morgan fingerprint density at radius 2 is 2.00 bits per heavy atom. The number of rotatable bonds is 3. The Morgan fingerprint density at radius 1 is 1.41 bits per heavy atom. The maximum absolute atomic E-state index is 11.8. The van der Waals surface area contributed by atoms with Crippen molar-refractivity contribution >= 4 is 6.09 Å². The standard InChI is InChI=1S/C13H24N2O2/c1-12(2,3)17-11(16)15-13(9-6-10-14)7-4-5-8-13/h6,9H,4-5,7-8,10,14H2,1-3H3,(H,15,16)/b9-6+. The lowest BCUT2D eigenvalue weighted by Crippen LogP contribution is -2.47. The van der Waals surface area contributed by atoms with Gasteiger partial charge in [-0.2, -0.15) is 0 Å². The maximum Gasteiger partial charge on any atom is 0.408 e. The van der Waals surface area contributed by atoms with Crippen molar-refractivity contribution in [2.75, 3.05) is 6.54 Å². The molecule has 0 saturated heterocycles. The normalized spacial score (nSPS) is 19.5. The third-order valence-electron chi connectivity index (χ3n) is 2.82. The van der Waals surface area contributed by atoms with Crippen LogP contribution < -0.4 is 11.1 Å². The number of hydrogen-bond donors (Lipinski definition) is 2. The summed E-state index contributed by atoms with van der Waals surface area (Å²) in [5, 5.41) is 2.98. The second-order valence-corrected chi connectivity index (χ2v) is 5.63. The second-order valence-electron chi connectivity index (χ2n) is 5.63. The number of carbonyl (C=O) groups excluding carboxylic acids is 1. The van der Waals surface area contributed by atoms with Crippen LogP contribution >= 0.6 is 0 Å². The molecule has 4 heteroatoms. The van der Waals surface area contributed by atoms with Crippen LogP contribution in [-0.2, 0) is 4.74 Å². The largest absolute Gasteiger partial charge is 0.444 e. The molecule has 1 aliphatic carbocycles. The lowest BCUT2D eigenvalue weighted by molar-refractivity contribution is 0.0479. The van der Waals surface area contributed by atoms with Crippen LogP contribution in [0.1, 0.15) is 46.5 Å². The maximum atomic E-state index is 11.8. The molecule has 0 bridgehead atoms. The Hall–Kier alpha value is -1.03. The molecule has 0 radical (unpaired) electrons. The van der Waals surface area contributed by atoms with E-state index in [2.05, 4.69) is 5.32 Å². The summed E-state index contributed by atoms with van der Waals surface area (Å²) in [6.07, 6.45) is 7.76. The third kappa shape index (κ3) is 4.77. The van der Waals surface area contributed by atoms with E-state index in [9.17, 15) is 4.79 Å². The van der Waals surface area contributed by atoms with Gasteiger partial charge in [0.15, 0.2) is 0 Å². The number of nitrogens with two attached hydrogens (primary N) is 1. The average Bonchev–Trinajstić information content (AvgIpc) is 2.60. The molecule has 0 atom stereocenters. The molecule has 0 heterocycles. The summed E-state index contributed by atoms with van der Waals surface area (Å²) in [5.74, 6) is 0. The summed E-state index contributed by atoms with van der Waals surface area (Å²) < 4.78 is 5.29. The van der Waals surface area contributed by atoms with Crippen molar-refractivity contribution in [3.63, 3.8) is 0 Å². The third-order valence-corrected chi connectivity index (χ3v) is 2.82. The lowest BCUT2D eigenvalue weighted by atomic mass is 9.97. The van der Waals surface area contributed by atoms with Gasteiger partial charge in [-0.3, -0.25) is 0 Å². The minimum atomic E-state index is -0.457. The van der Waals surface area contributed by atoms with Gasteiger partial charge in [0.05, 0.1) is 5.54 Å². The Labute approximate surface area is 104 Å². The molecule has 0 spiro atoms. The minimum absolute atomic E-state index is 0.248. The van der Waals surface area contributed by atoms with Gasteiger partial charge in [-0.05, 0) is 33.6 Å². The van der Waals surface area contributed by atoms with Gasteiger partial charge in [-0.15, -0.1) is 0 Å². The van der Waals surface area contributed by atoms with Crippen molar-refractivity contribution < 1.29 is 9.53 Å². The Bertz CT molecular complexity index is 286. The van der Waals surface area contributed by atoms with E-state index in [0.717, 1.165) is 25.7 Å². The lowest BCUT2D eigenvalue weighted by Gasteiger charge is -2.29. The first-order chi connectivity index (χ1) is 7.87. The van der Waals surface area contributed by atoms with Gasteiger partial charge >= 0.3 is 6.09 Å². The first-order valence-electron chi connectivity index (χ1n) is 6.26. The van der Waals surface area contributed by atoms with Crippen molar-refractivity contribution in [3.8, 4) is 0 Å². The SMILES string of the molecule is CC(C)(C)OC(=O)NC1(/C=C/CN)CCCC1. The number of carbonyl (C=O) groups is 1. The molecule has 1 amide bonds. The molecule has 1 saturated carbocycles. The summed E-state index contributed by atoms with van der Waals surface area (Å²) in [7, 11) is 0. The van der Waals surface area contributed by atoms with E-state index in [0.29, 0.717) is 6.54 Å². The highest BCUT2D eigenvalue weighted by Gasteiger charge is 2.34. The Kier molecular flexibility index (Phi) is 4.57. The summed E-state index contributed by atoms with van der Waals surface area (Å²) in [4.78, 5) is 11.8. The fraction of sp³-hybridized carbons (Fsp3) is 0.769. The van der Waals surface area contributed by atoms with Gasteiger partial charge in [0, 0.05) is 6.54 Å². The molecule has 0 aliphatic heterocycles. The summed E-state index contributed by atoms with van der Waals surface area (Å²) >= 11 is 0. The van der Waals surface area contributed by atoms with Crippen LogP contribution in [0.25, 0.3) is 0 Å². The Balaban J connectivity index is 2.61. The zero-order valence-electron chi connectivity index (χ0n) is 11.1. The molecular formula is C13H24N2O2. The molecule has 17 heavy (non-hydrogen) atoms. The second kappa shape index (κ2) is 5.54. The molecule has 3 N–H and O–H groups in total. The van der Waals surface area contributed by atoms with E-state index in [1.54, 1.807) is 0 Å². The molecule has 1 rings (SSSR count). The smallest absolute Gasteiger partial charge is 0.408 e. The fourth-order valence-corrected chi connectivity index (χ4v) is 2.14. The Morgan fingerprint density at radius 3 is 2.47 bits per heavy atom. The molecule has 0 aromatic rings. The number of alkyl carbamates (subject to hydrolysis) is 1. The highest BCUT2D eigenvalue weighted by molar-refractivity contribution is 5.69. The summed E-state index contributed by atoms with van der Waals surface area (Å²) in [6.45, 7) is 6.09. The highest BCUT2D eigenvalue weighted by Crippen LogP contribution is 2.31. The van der Waals surface area contributed by atoms with E-state index < -0.39 is 5.60 Å². The fourth-order valence-electron chi connectivity index (χ4n) is 2.14. The molecule has 98 valence electrons. The zero-order valence-corrected chi connectivity index (χ0v) is 11.1. The van der Waals surface area contributed by atoms with Gasteiger partial charge < -0.3 is 15.8 Å². The van der Waals surface area contributed by atoms with Gasteiger partial charge in [-0.25, -0.2) is 4.79 Å². The van der Waals surface area contributed by atoms with E-state index >= 15 is 0 Å². The molecule has 1 aliphatic rings. The van der Waals surface area contributed by atoms with E-state index in [1.165, 1.54) is 0 Å². The minimum Gasteiger partial charge on any atom is -0.444 e. The van der Waals surface area contributed by atoms with E-state index in [1.807, 2.05) is 32.9 Å². The van der Waals surface area contributed by atoms with Gasteiger partial charge in [0.25, 0.3) is 0 Å². The van der Waals surface area contributed by atoms with E-state index in [4.69, 9.17) is 10.5 Å². The van der Waals surface area contributed by atoms with Crippen LogP contribution in [0, 0.1) is 0 Å². The summed E-state index contributed by atoms with van der Waals surface area (Å²) in [5.41, 5.74) is 4.76. The first-order valence-corrected chi connectivity index (χ1v) is 6.26. The van der Waals surface area contributed by atoms with Crippen molar-refractivity contribution in [2.24, 2.45) is 5.73 Å². The van der Waals surface area contributed by atoms with Crippen molar-refractivity contribution in [2.45, 2.75) is 57.6 Å². The highest BCUT2D eigenvalue weighted by atomic mass is 16.6. The van der Waals surface area contributed by atoms with Crippen LogP contribution in [0.4, 0.5) is 4.79 Å². The van der Waals surface area contributed by atoms with Crippen LogP contribution in [0.3, 0.4) is 0 Å². The van der Waals surface area contributed by atoms with Crippen molar-refractivity contribution in [1.82, 2.24) is 5.32 Å². The van der Waals surface area contributed by atoms with Gasteiger partial charge in [-0.1, -0.05) is 25.0 Å². The molecule has 0 unspecified atom stereocenters. The average molecular weight is 240 g/mol. The van der Waals surface area contributed by atoms with Crippen LogP contribution in [-0.4, -0.2) is 23.8 Å². The predicted octanol–water partition coefficient (Wildman–Crippen LogP) is 2.34. The van der Waals surface area contributed by atoms with Crippen LogP contribution in [0.15, 0.2) is 12.2 Å². The van der Waals surface area contributed by atoms with Crippen molar-refractivity contribution in [1.29, 1.82) is 0 Å². The van der Waals surface area contributed by atoms with Crippen molar-refractivity contribution in [3.05, 3.63) is 12.2 Å². The number of nitrogens with one attached hydrogen (secondary N) is 1. The monoisotopic (exact) mass is 240 g/mol. The molecule has 0 aromatic heterocycles. The molecular weight excluding hydrogens is 216 g/mol. The zero-order chi connectivity index (χ0) is 12.9. The topological polar surface area (TPSA) is 64.3 Å². The van der Waals surface area contributed by atoms with Gasteiger partial charge in [0.2, 0.25) is 0 Å². The van der Waals surface area contributed by atoms with Gasteiger partial charge in [0.1, 0.15) is 5.60 Å². The molecule has 4 nitrogen and oxygen atoms in total. The van der Waals surface area contributed by atoms with Crippen LogP contribution in [0.2, 0.25) is 0 Å². The van der Waals surface area contributed by atoms with Crippen LogP contribution in [0.5, 0.6) is 0 Å². The summed E-state index contributed by atoms with van der Waals surface area (Å²) in [6, 6.07) is 0. The molecule has 1 fully saturated rings. The number of hydrogen-bond acceptors (Lipinski definition) is 3. The first kappa shape index (κ1) is 14.0. The van der Waals surface area contributed by atoms with E-state index in [-0.39, 0.29) is 11.6 Å². The number of amides is 1. The quantitative estimate of drug-likeness (QED) is 0.744. The predicted molar refractivity (Wildman–Crippen MR) is 68.8 cm³/mol.